The zero-order valence-corrected chi connectivity index (χ0v) is 19.2. The molecule has 0 bridgehead atoms. The Labute approximate surface area is 191 Å². The minimum absolute atomic E-state index is 0.0770. The fraction of sp³-hybridized carbons (Fsp3) is 0.231. The third-order valence-corrected chi connectivity index (χ3v) is 5.98. The topological polar surface area (TPSA) is 46.4 Å². The molecule has 2 aromatic carbocycles. The molecule has 0 aliphatic heterocycles. The molecule has 0 saturated carbocycles. The summed E-state index contributed by atoms with van der Waals surface area (Å²) in [5, 5.41) is 3.15. The zero-order valence-electron chi connectivity index (χ0n) is 17.6. The van der Waals surface area contributed by atoms with Crippen molar-refractivity contribution in [3.63, 3.8) is 0 Å². The van der Waals surface area contributed by atoms with Gasteiger partial charge in [0, 0.05) is 28.7 Å². The fourth-order valence-corrected chi connectivity index (χ4v) is 4.07. The molecule has 0 radical (unpaired) electrons. The summed E-state index contributed by atoms with van der Waals surface area (Å²) in [6, 6.07) is 24.7. The van der Waals surface area contributed by atoms with Crippen molar-refractivity contribution in [1.29, 1.82) is 0 Å². The third kappa shape index (κ3) is 5.42. The number of aromatic nitrogens is 2. The minimum atomic E-state index is 0.0770. The van der Waals surface area contributed by atoms with E-state index in [1.54, 1.807) is 0 Å². The molecule has 0 aliphatic carbocycles. The van der Waals surface area contributed by atoms with Crippen LogP contribution in [0.5, 0.6) is 0 Å². The standard InChI is InChI=1S/C26H26BrN3O/c1-19(10-11-20-7-3-2-4-8-20)28-25(31)17-16-23-26(21-12-14-22(27)15-13-21)29-24-9-5-6-18-30(23)24/h2-9,12-15,18-19H,10-11,16-17H2,1H3,(H,28,31)/t19-/m0/s1. The molecule has 1 atom stereocenters. The number of halogens is 1. The van der Waals surface area contributed by atoms with E-state index in [9.17, 15) is 4.79 Å². The fourth-order valence-electron chi connectivity index (χ4n) is 3.80. The van der Waals surface area contributed by atoms with Crippen LogP contribution in [0.15, 0.2) is 83.5 Å². The van der Waals surface area contributed by atoms with E-state index in [0.29, 0.717) is 12.8 Å². The van der Waals surface area contributed by atoms with Crippen LogP contribution in [0.25, 0.3) is 16.9 Å². The van der Waals surface area contributed by atoms with Crippen molar-refractivity contribution in [2.24, 2.45) is 0 Å². The molecule has 2 heterocycles. The summed E-state index contributed by atoms with van der Waals surface area (Å²) in [6.07, 6.45) is 4.97. The molecule has 2 aromatic heterocycles. The van der Waals surface area contributed by atoms with Crippen LogP contribution in [-0.4, -0.2) is 21.3 Å². The number of nitrogens with zero attached hydrogens (tertiary/aromatic N) is 2. The van der Waals surface area contributed by atoms with Gasteiger partial charge in [0.05, 0.1) is 11.4 Å². The van der Waals surface area contributed by atoms with E-state index in [1.807, 2.05) is 42.6 Å². The van der Waals surface area contributed by atoms with Crippen LogP contribution in [0, 0.1) is 0 Å². The number of fused-ring (bicyclic) bond motifs is 1. The average Bonchev–Trinajstić information content (AvgIpc) is 3.16. The Hall–Kier alpha value is -2.92. The van der Waals surface area contributed by atoms with Gasteiger partial charge in [0.15, 0.2) is 0 Å². The summed E-state index contributed by atoms with van der Waals surface area (Å²) in [4.78, 5) is 17.5. The minimum Gasteiger partial charge on any atom is -0.354 e. The van der Waals surface area contributed by atoms with Gasteiger partial charge in [0.2, 0.25) is 5.91 Å². The number of carbonyl (C=O) groups is 1. The van der Waals surface area contributed by atoms with Crippen LogP contribution >= 0.6 is 15.9 Å². The van der Waals surface area contributed by atoms with E-state index in [4.69, 9.17) is 4.98 Å². The van der Waals surface area contributed by atoms with E-state index < -0.39 is 0 Å². The van der Waals surface area contributed by atoms with Crippen molar-refractivity contribution in [1.82, 2.24) is 14.7 Å². The number of rotatable bonds is 8. The predicted molar refractivity (Wildman–Crippen MR) is 129 cm³/mol. The Balaban J connectivity index is 1.42. The summed E-state index contributed by atoms with van der Waals surface area (Å²) in [5.41, 5.74) is 5.24. The average molecular weight is 476 g/mol. The third-order valence-electron chi connectivity index (χ3n) is 5.45. The molecular formula is C26H26BrN3O. The number of benzene rings is 2. The second-order valence-electron chi connectivity index (χ2n) is 7.84. The Bertz CT molecular complexity index is 1150. The van der Waals surface area contributed by atoms with Gasteiger partial charge < -0.3 is 9.72 Å². The number of carbonyl (C=O) groups excluding carboxylic acids is 1. The first kappa shape index (κ1) is 21.3. The van der Waals surface area contributed by atoms with Gasteiger partial charge in [-0.2, -0.15) is 0 Å². The van der Waals surface area contributed by atoms with Crippen LogP contribution in [-0.2, 0) is 17.6 Å². The molecule has 1 amide bonds. The first-order valence-corrected chi connectivity index (χ1v) is 11.4. The monoisotopic (exact) mass is 475 g/mol. The predicted octanol–water partition coefficient (Wildman–Crippen LogP) is 5.83. The van der Waals surface area contributed by atoms with Gasteiger partial charge in [-0.15, -0.1) is 0 Å². The molecule has 0 unspecified atom stereocenters. The van der Waals surface area contributed by atoms with E-state index in [-0.39, 0.29) is 11.9 Å². The van der Waals surface area contributed by atoms with Crippen LogP contribution in [0.3, 0.4) is 0 Å². The molecule has 0 saturated heterocycles. The largest absolute Gasteiger partial charge is 0.354 e. The van der Waals surface area contributed by atoms with Crippen molar-refractivity contribution in [2.75, 3.05) is 0 Å². The van der Waals surface area contributed by atoms with Crippen LogP contribution in [0.1, 0.15) is 31.0 Å². The summed E-state index contributed by atoms with van der Waals surface area (Å²) >= 11 is 3.49. The molecule has 4 aromatic rings. The highest BCUT2D eigenvalue weighted by Crippen LogP contribution is 2.27. The Morgan fingerprint density at radius 2 is 1.74 bits per heavy atom. The van der Waals surface area contributed by atoms with E-state index >= 15 is 0 Å². The SMILES string of the molecule is C[C@@H](CCc1ccccc1)NC(=O)CCc1c(-c2ccc(Br)cc2)nc2ccccn12. The van der Waals surface area contributed by atoms with Crippen LogP contribution < -0.4 is 5.32 Å². The maximum Gasteiger partial charge on any atom is 0.220 e. The highest BCUT2D eigenvalue weighted by molar-refractivity contribution is 9.10. The molecule has 0 spiro atoms. The number of imidazole rings is 1. The van der Waals surface area contributed by atoms with E-state index in [1.165, 1.54) is 5.56 Å². The Kier molecular flexibility index (Phi) is 6.82. The zero-order chi connectivity index (χ0) is 21.6. The lowest BCUT2D eigenvalue weighted by molar-refractivity contribution is -0.121. The molecule has 4 rings (SSSR count). The number of pyridine rings is 1. The number of nitrogens with one attached hydrogen (secondary N) is 1. The molecule has 5 heteroatoms. The number of hydrogen-bond donors (Lipinski definition) is 1. The highest BCUT2D eigenvalue weighted by Gasteiger charge is 2.16. The maximum atomic E-state index is 12.6. The molecule has 31 heavy (non-hydrogen) atoms. The Morgan fingerprint density at radius 1 is 1.00 bits per heavy atom. The van der Waals surface area contributed by atoms with Crippen molar-refractivity contribution in [2.45, 2.75) is 38.6 Å². The quantitative estimate of drug-likeness (QED) is 0.348. The number of amides is 1. The summed E-state index contributed by atoms with van der Waals surface area (Å²) < 4.78 is 3.12. The second kappa shape index (κ2) is 9.92. The second-order valence-corrected chi connectivity index (χ2v) is 8.75. The number of hydrogen-bond acceptors (Lipinski definition) is 2. The molecule has 4 nitrogen and oxygen atoms in total. The van der Waals surface area contributed by atoms with Gasteiger partial charge >= 0.3 is 0 Å². The molecule has 0 fully saturated rings. The van der Waals surface area contributed by atoms with Crippen molar-refractivity contribution < 1.29 is 4.79 Å². The molecule has 0 aliphatic rings. The van der Waals surface area contributed by atoms with Gasteiger partial charge in [-0.1, -0.05) is 64.5 Å². The van der Waals surface area contributed by atoms with Gasteiger partial charge in [-0.05, 0) is 56.0 Å². The smallest absolute Gasteiger partial charge is 0.220 e. The maximum absolute atomic E-state index is 12.6. The lowest BCUT2D eigenvalue weighted by Gasteiger charge is -2.14. The van der Waals surface area contributed by atoms with Gasteiger partial charge in [0.1, 0.15) is 5.65 Å². The van der Waals surface area contributed by atoms with Gasteiger partial charge in [-0.25, -0.2) is 4.98 Å². The molecular weight excluding hydrogens is 450 g/mol. The normalized spacial score (nSPS) is 12.1. The van der Waals surface area contributed by atoms with Gasteiger partial charge in [-0.3, -0.25) is 4.79 Å². The lowest BCUT2D eigenvalue weighted by Crippen LogP contribution is -2.33. The van der Waals surface area contributed by atoms with E-state index in [0.717, 1.165) is 39.9 Å². The highest BCUT2D eigenvalue weighted by atomic mass is 79.9. The molecule has 1 N–H and O–H groups in total. The Morgan fingerprint density at radius 3 is 2.52 bits per heavy atom. The number of aryl methyl sites for hydroxylation is 2. The van der Waals surface area contributed by atoms with Crippen molar-refractivity contribution >= 4 is 27.5 Å². The van der Waals surface area contributed by atoms with Gasteiger partial charge in [0.25, 0.3) is 0 Å². The first-order chi connectivity index (χ1) is 15.1. The summed E-state index contributed by atoms with van der Waals surface area (Å²) in [5.74, 6) is 0.0770. The van der Waals surface area contributed by atoms with E-state index in [2.05, 4.69) is 69.0 Å². The summed E-state index contributed by atoms with van der Waals surface area (Å²) in [6.45, 7) is 2.07. The van der Waals surface area contributed by atoms with Crippen LogP contribution in [0.2, 0.25) is 0 Å². The van der Waals surface area contributed by atoms with Crippen molar-refractivity contribution in [3.8, 4) is 11.3 Å². The van der Waals surface area contributed by atoms with Crippen LogP contribution in [0.4, 0.5) is 0 Å². The molecule has 158 valence electrons. The summed E-state index contributed by atoms with van der Waals surface area (Å²) in [7, 11) is 0. The lowest BCUT2D eigenvalue weighted by atomic mass is 10.1. The first-order valence-electron chi connectivity index (χ1n) is 10.7. The van der Waals surface area contributed by atoms with Crippen molar-refractivity contribution in [3.05, 3.63) is 94.7 Å².